The molecule has 1 saturated heterocycles. The summed E-state index contributed by atoms with van der Waals surface area (Å²) in [5.41, 5.74) is 1.55. The summed E-state index contributed by atoms with van der Waals surface area (Å²) >= 11 is 0. The van der Waals surface area contributed by atoms with Gasteiger partial charge >= 0.3 is 0 Å². The number of ether oxygens (including phenoxy) is 1. The Kier molecular flexibility index (Phi) is 5.85. The van der Waals surface area contributed by atoms with E-state index in [9.17, 15) is 12.8 Å². The molecule has 0 atom stereocenters. The maximum absolute atomic E-state index is 13.1. The molecule has 30 heavy (non-hydrogen) atoms. The monoisotopic (exact) mass is 431 g/mol. The highest BCUT2D eigenvalue weighted by molar-refractivity contribution is 7.89. The van der Waals surface area contributed by atoms with Gasteiger partial charge in [0, 0.05) is 37.8 Å². The Balaban J connectivity index is 1.39. The van der Waals surface area contributed by atoms with Crippen LogP contribution in [0.15, 0.2) is 64.0 Å². The highest BCUT2D eigenvalue weighted by Gasteiger charge is 2.29. The van der Waals surface area contributed by atoms with Crippen LogP contribution in [-0.4, -0.2) is 56.1 Å². The van der Waals surface area contributed by atoms with Crippen molar-refractivity contribution in [3.8, 4) is 17.0 Å². The summed E-state index contributed by atoms with van der Waals surface area (Å²) in [6.07, 6.45) is 0. The Hall–Kier alpha value is -2.75. The molecular weight excluding hydrogens is 409 g/mol. The Morgan fingerprint density at radius 3 is 2.47 bits per heavy atom. The van der Waals surface area contributed by atoms with Crippen molar-refractivity contribution in [1.29, 1.82) is 0 Å². The highest BCUT2D eigenvalue weighted by atomic mass is 32.2. The molecular formula is C21H22FN3O4S. The zero-order chi connectivity index (χ0) is 21.1. The van der Waals surface area contributed by atoms with E-state index in [4.69, 9.17) is 9.26 Å². The first kappa shape index (κ1) is 20.5. The molecule has 0 saturated carbocycles. The minimum Gasteiger partial charge on any atom is -0.496 e. The van der Waals surface area contributed by atoms with Crippen LogP contribution in [0.25, 0.3) is 11.3 Å². The van der Waals surface area contributed by atoms with E-state index >= 15 is 0 Å². The maximum Gasteiger partial charge on any atom is 0.243 e. The molecule has 158 valence electrons. The quantitative estimate of drug-likeness (QED) is 0.597. The zero-order valence-electron chi connectivity index (χ0n) is 16.5. The van der Waals surface area contributed by atoms with Gasteiger partial charge in [-0.25, -0.2) is 12.8 Å². The van der Waals surface area contributed by atoms with E-state index in [0.717, 1.165) is 23.4 Å². The summed E-state index contributed by atoms with van der Waals surface area (Å²) in [7, 11) is -2.01. The first-order chi connectivity index (χ1) is 14.5. The van der Waals surface area contributed by atoms with Crippen LogP contribution in [0.5, 0.6) is 5.75 Å². The van der Waals surface area contributed by atoms with Gasteiger partial charge in [-0.15, -0.1) is 0 Å². The third-order valence-electron chi connectivity index (χ3n) is 5.10. The molecule has 0 bridgehead atoms. The minimum absolute atomic E-state index is 0.106. The number of hydrogen-bond acceptors (Lipinski definition) is 6. The van der Waals surface area contributed by atoms with Crippen molar-refractivity contribution in [3.63, 3.8) is 0 Å². The minimum atomic E-state index is -3.62. The van der Waals surface area contributed by atoms with Crippen molar-refractivity contribution >= 4 is 10.0 Å². The van der Waals surface area contributed by atoms with Crippen molar-refractivity contribution in [2.24, 2.45) is 0 Å². The first-order valence-electron chi connectivity index (χ1n) is 9.54. The summed E-state index contributed by atoms with van der Waals surface area (Å²) in [4.78, 5) is 2.22. The number of benzene rings is 2. The number of para-hydroxylation sites is 1. The average molecular weight is 431 g/mol. The topological polar surface area (TPSA) is 75.9 Å². The number of hydrogen-bond donors (Lipinski definition) is 0. The van der Waals surface area contributed by atoms with Gasteiger partial charge in [0.25, 0.3) is 0 Å². The smallest absolute Gasteiger partial charge is 0.243 e. The molecule has 1 fully saturated rings. The van der Waals surface area contributed by atoms with Gasteiger partial charge in [-0.1, -0.05) is 17.3 Å². The third kappa shape index (κ3) is 4.23. The SMILES string of the molecule is COc1ccccc1-c1cc(CN2CCN(S(=O)(=O)c3ccc(F)cc3)CC2)on1. The molecule has 4 rings (SSSR count). The second kappa shape index (κ2) is 8.55. The fourth-order valence-electron chi connectivity index (χ4n) is 3.47. The third-order valence-corrected chi connectivity index (χ3v) is 7.02. The summed E-state index contributed by atoms with van der Waals surface area (Å²) in [6.45, 7) is 2.36. The van der Waals surface area contributed by atoms with E-state index < -0.39 is 15.8 Å². The maximum atomic E-state index is 13.1. The number of methoxy groups -OCH3 is 1. The molecule has 9 heteroatoms. The van der Waals surface area contributed by atoms with E-state index in [2.05, 4.69) is 10.1 Å². The normalized spacial score (nSPS) is 15.9. The van der Waals surface area contributed by atoms with Crippen LogP contribution in [0.4, 0.5) is 4.39 Å². The van der Waals surface area contributed by atoms with Gasteiger partial charge in [-0.05, 0) is 36.4 Å². The van der Waals surface area contributed by atoms with Crippen LogP contribution in [0.3, 0.4) is 0 Å². The van der Waals surface area contributed by atoms with E-state index in [1.54, 1.807) is 7.11 Å². The number of aromatic nitrogens is 1. The van der Waals surface area contributed by atoms with Crippen LogP contribution in [0, 0.1) is 5.82 Å². The van der Waals surface area contributed by atoms with Crippen LogP contribution in [0.1, 0.15) is 5.76 Å². The molecule has 1 aliphatic heterocycles. The summed E-state index contributed by atoms with van der Waals surface area (Å²) < 4.78 is 50.8. The number of halogens is 1. The largest absolute Gasteiger partial charge is 0.496 e. The van der Waals surface area contributed by atoms with Crippen molar-refractivity contribution in [3.05, 3.63) is 66.2 Å². The van der Waals surface area contributed by atoms with Crippen LogP contribution in [-0.2, 0) is 16.6 Å². The molecule has 1 aromatic heterocycles. The van der Waals surface area contributed by atoms with E-state index in [1.807, 2.05) is 30.3 Å². The number of nitrogens with zero attached hydrogens (tertiary/aromatic N) is 3. The molecule has 0 spiro atoms. The zero-order valence-corrected chi connectivity index (χ0v) is 17.3. The predicted molar refractivity (Wildman–Crippen MR) is 109 cm³/mol. The van der Waals surface area contributed by atoms with Gasteiger partial charge < -0.3 is 9.26 Å². The standard InChI is InChI=1S/C21H22FN3O4S/c1-28-21-5-3-2-4-19(21)20-14-17(29-23-20)15-24-10-12-25(13-11-24)30(26,27)18-8-6-16(22)7-9-18/h2-9,14H,10-13,15H2,1H3. The molecule has 0 aliphatic carbocycles. The highest BCUT2D eigenvalue weighted by Crippen LogP contribution is 2.29. The Morgan fingerprint density at radius 2 is 1.77 bits per heavy atom. The molecule has 2 aromatic carbocycles. The lowest BCUT2D eigenvalue weighted by Gasteiger charge is -2.33. The van der Waals surface area contributed by atoms with Gasteiger partial charge in [-0.3, -0.25) is 4.90 Å². The molecule has 0 unspecified atom stereocenters. The number of sulfonamides is 1. The lowest BCUT2D eigenvalue weighted by molar-refractivity contribution is 0.166. The lowest BCUT2D eigenvalue weighted by atomic mass is 10.1. The molecule has 7 nitrogen and oxygen atoms in total. The van der Waals surface area contributed by atoms with E-state index in [-0.39, 0.29) is 4.90 Å². The Morgan fingerprint density at radius 1 is 1.07 bits per heavy atom. The van der Waals surface area contributed by atoms with Crippen LogP contribution < -0.4 is 4.74 Å². The first-order valence-corrected chi connectivity index (χ1v) is 11.0. The predicted octanol–water partition coefficient (Wildman–Crippen LogP) is 3.00. The van der Waals surface area contributed by atoms with E-state index in [0.29, 0.717) is 44.2 Å². The second-order valence-corrected chi connectivity index (χ2v) is 8.95. The van der Waals surface area contributed by atoms with Crippen molar-refractivity contribution in [2.75, 3.05) is 33.3 Å². The Bertz CT molecular complexity index is 1110. The number of rotatable bonds is 6. The van der Waals surface area contributed by atoms with E-state index in [1.165, 1.54) is 16.4 Å². The van der Waals surface area contributed by atoms with Gasteiger partial charge in [0.05, 0.1) is 18.6 Å². The Labute approximate surface area is 174 Å². The molecule has 2 heterocycles. The summed E-state index contributed by atoms with van der Waals surface area (Å²) in [5.74, 6) is 0.959. The molecule has 1 aliphatic rings. The molecule has 0 radical (unpaired) electrons. The van der Waals surface area contributed by atoms with Gasteiger partial charge in [0.15, 0.2) is 5.76 Å². The van der Waals surface area contributed by atoms with Crippen LogP contribution >= 0.6 is 0 Å². The van der Waals surface area contributed by atoms with Crippen molar-refractivity contribution in [2.45, 2.75) is 11.4 Å². The van der Waals surface area contributed by atoms with Crippen molar-refractivity contribution < 1.29 is 22.1 Å². The molecule has 0 N–H and O–H groups in total. The fraction of sp³-hybridized carbons (Fsp3) is 0.286. The summed E-state index contributed by atoms with van der Waals surface area (Å²) in [5, 5.41) is 4.14. The average Bonchev–Trinajstić information content (AvgIpc) is 3.22. The van der Waals surface area contributed by atoms with Crippen LogP contribution in [0.2, 0.25) is 0 Å². The van der Waals surface area contributed by atoms with Gasteiger partial charge in [0.1, 0.15) is 17.3 Å². The van der Waals surface area contributed by atoms with Crippen molar-refractivity contribution in [1.82, 2.24) is 14.4 Å². The van der Waals surface area contributed by atoms with Gasteiger partial charge in [0.2, 0.25) is 10.0 Å². The summed E-state index contributed by atoms with van der Waals surface area (Å²) in [6, 6.07) is 14.4. The second-order valence-electron chi connectivity index (χ2n) is 7.01. The lowest BCUT2D eigenvalue weighted by Crippen LogP contribution is -2.48. The molecule has 3 aromatic rings. The van der Waals surface area contributed by atoms with Gasteiger partial charge in [-0.2, -0.15) is 4.31 Å². The number of piperazine rings is 1. The molecule has 0 amide bonds. The fourth-order valence-corrected chi connectivity index (χ4v) is 4.90.